The summed E-state index contributed by atoms with van der Waals surface area (Å²) in [5.74, 6) is -0.770. The van der Waals surface area contributed by atoms with Crippen molar-refractivity contribution in [1.29, 1.82) is 0 Å². The molecule has 1 heterocycles. The molecular weight excluding hydrogens is 346 g/mol. The smallest absolute Gasteiger partial charge is 0.330 e. The Morgan fingerprint density at radius 2 is 1.93 bits per heavy atom. The van der Waals surface area contributed by atoms with Crippen molar-refractivity contribution >= 4 is 11.9 Å². The topological polar surface area (TPSA) is 84.9 Å². The zero-order chi connectivity index (χ0) is 19.4. The second-order valence-electron chi connectivity index (χ2n) is 6.77. The van der Waals surface area contributed by atoms with Crippen molar-refractivity contribution in [2.75, 3.05) is 6.61 Å². The van der Waals surface area contributed by atoms with Crippen LogP contribution in [0.25, 0.3) is 0 Å². The van der Waals surface area contributed by atoms with Crippen LogP contribution in [0, 0.1) is 0 Å². The first-order chi connectivity index (χ1) is 12.9. The van der Waals surface area contributed by atoms with E-state index in [2.05, 4.69) is 5.32 Å². The molecule has 27 heavy (non-hydrogen) atoms. The molecule has 0 fully saturated rings. The zero-order valence-corrected chi connectivity index (χ0v) is 15.4. The van der Waals surface area contributed by atoms with Gasteiger partial charge in [0.05, 0.1) is 19.3 Å². The van der Waals surface area contributed by atoms with Crippen molar-refractivity contribution in [3.8, 4) is 5.75 Å². The molecule has 1 unspecified atom stereocenters. The predicted molar refractivity (Wildman–Crippen MR) is 99.9 cm³/mol. The molecule has 0 spiro atoms. The van der Waals surface area contributed by atoms with Crippen molar-refractivity contribution in [1.82, 2.24) is 5.32 Å². The first-order valence-electron chi connectivity index (χ1n) is 8.94. The van der Waals surface area contributed by atoms with Gasteiger partial charge in [0.25, 0.3) is 5.91 Å². The molecule has 0 aliphatic carbocycles. The van der Waals surface area contributed by atoms with E-state index in [0.29, 0.717) is 24.3 Å². The van der Waals surface area contributed by atoms with E-state index in [1.54, 1.807) is 42.5 Å². The molecule has 3 rings (SSSR count). The lowest BCUT2D eigenvalue weighted by Gasteiger charge is -2.16. The molecule has 0 aromatic heterocycles. The van der Waals surface area contributed by atoms with Gasteiger partial charge in [-0.1, -0.05) is 18.2 Å². The Kier molecular flexibility index (Phi) is 5.76. The van der Waals surface area contributed by atoms with Gasteiger partial charge < -0.3 is 19.9 Å². The van der Waals surface area contributed by atoms with Crippen molar-refractivity contribution in [2.24, 2.45) is 0 Å². The Balaban J connectivity index is 1.71. The Hall–Kier alpha value is -2.86. The quantitative estimate of drug-likeness (QED) is 0.783. The Bertz CT molecular complexity index is 829. The largest absolute Gasteiger partial charge is 0.493 e. The van der Waals surface area contributed by atoms with Crippen LogP contribution in [-0.4, -0.2) is 29.7 Å². The number of carboxylic acids is 1. The number of hydrogen-bond acceptors (Lipinski definition) is 4. The number of carbonyl (C=O) groups is 2. The maximum absolute atomic E-state index is 12.5. The third-order valence-corrected chi connectivity index (χ3v) is 4.37. The van der Waals surface area contributed by atoms with Crippen LogP contribution in [0.3, 0.4) is 0 Å². The number of hydrogen-bond donors (Lipinski definition) is 2. The van der Waals surface area contributed by atoms with E-state index in [1.807, 2.05) is 13.8 Å². The van der Waals surface area contributed by atoms with Crippen LogP contribution in [0.5, 0.6) is 5.75 Å². The average molecular weight is 369 g/mol. The number of benzene rings is 2. The monoisotopic (exact) mass is 369 g/mol. The van der Waals surface area contributed by atoms with Crippen molar-refractivity contribution < 1.29 is 24.2 Å². The molecule has 2 N–H and O–H groups in total. The second-order valence-corrected chi connectivity index (χ2v) is 6.77. The normalized spacial score (nSPS) is 13.7. The molecule has 0 saturated heterocycles. The van der Waals surface area contributed by atoms with Crippen LogP contribution >= 0.6 is 0 Å². The summed E-state index contributed by atoms with van der Waals surface area (Å²) in [4.78, 5) is 24.2. The summed E-state index contributed by atoms with van der Waals surface area (Å²) in [6.45, 7) is 4.97. The van der Waals surface area contributed by atoms with Crippen molar-refractivity contribution in [3.63, 3.8) is 0 Å². The van der Waals surface area contributed by atoms with E-state index in [-0.39, 0.29) is 6.10 Å². The number of fused-ring (bicyclic) bond motifs is 1. The minimum atomic E-state index is -1.12. The highest BCUT2D eigenvalue weighted by Crippen LogP contribution is 2.28. The second kappa shape index (κ2) is 8.22. The average Bonchev–Trinajstić information content (AvgIpc) is 3.12. The van der Waals surface area contributed by atoms with Gasteiger partial charge in [0, 0.05) is 12.0 Å². The molecule has 6 nitrogen and oxygen atoms in total. The van der Waals surface area contributed by atoms with Crippen LogP contribution in [0.1, 0.15) is 46.9 Å². The van der Waals surface area contributed by atoms with E-state index in [4.69, 9.17) is 9.47 Å². The van der Waals surface area contributed by atoms with Gasteiger partial charge in [0.1, 0.15) is 5.75 Å². The van der Waals surface area contributed by atoms with Gasteiger partial charge in [-0.15, -0.1) is 0 Å². The molecule has 2 aromatic carbocycles. The third kappa shape index (κ3) is 4.65. The summed E-state index contributed by atoms with van der Waals surface area (Å²) in [6, 6.07) is 11.0. The molecular formula is C21H23NO5. The molecule has 1 atom stereocenters. The summed E-state index contributed by atoms with van der Waals surface area (Å²) < 4.78 is 11.0. The van der Waals surface area contributed by atoms with E-state index < -0.39 is 17.9 Å². The Labute approximate surface area is 158 Å². The molecule has 1 aliphatic rings. The van der Waals surface area contributed by atoms with Gasteiger partial charge in [-0.05, 0) is 54.8 Å². The van der Waals surface area contributed by atoms with Gasteiger partial charge in [-0.3, -0.25) is 4.79 Å². The Morgan fingerprint density at radius 3 is 2.59 bits per heavy atom. The highest BCUT2D eigenvalue weighted by atomic mass is 16.5. The Morgan fingerprint density at radius 1 is 1.19 bits per heavy atom. The highest BCUT2D eigenvalue weighted by molar-refractivity contribution is 5.96. The maximum atomic E-state index is 12.5. The number of carbonyl (C=O) groups excluding carboxylic acids is 1. The van der Waals surface area contributed by atoms with Crippen LogP contribution < -0.4 is 10.1 Å². The molecule has 1 aliphatic heterocycles. The number of aliphatic carboxylic acids is 1. The van der Waals surface area contributed by atoms with Gasteiger partial charge in [-0.25, -0.2) is 4.79 Å². The number of amides is 1. The first kappa shape index (κ1) is 18.9. The summed E-state index contributed by atoms with van der Waals surface area (Å²) in [6.07, 6.45) is 0.866. The minimum absolute atomic E-state index is 0.127. The van der Waals surface area contributed by atoms with Crippen LogP contribution in [0.15, 0.2) is 42.5 Å². The summed E-state index contributed by atoms with van der Waals surface area (Å²) in [7, 11) is 0. The lowest BCUT2D eigenvalue weighted by Crippen LogP contribution is -2.33. The lowest BCUT2D eigenvalue weighted by atomic mass is 10.0. The fourth-order valence-corrected chi connectivity index (χ4v) is 2.90. The number of nitrogens with one attached hydrogen (secondary N) is 1. The predicted octanol–water partition coefficient (Wildman–Crippen LogP) is 3.10. The first-order valence-corrected chi connectivity index (χ1v) is 8.94. The summed E-state index contributed by atoms with van der Waals surface area (Å²) in [5, 5.41) is 12.2. The van der Waals surface area contributed by atoms with Gasteiger partial charge in [0.2, 0.25) is 0 Å². The lowest BCUT2D eigenvalue weighted by molar-refractivity contribution is -0.139. The third-order valence-electron chi connectivity index (χ3n) is 4.37. The van der Waals surface area contributed by atoms with Crippen LogP contribution in [0.4, 0.5) is 0 Å². The van der Waals surface area contributed by atoms with Gasteiger partial charge >= 0.3 is 5.97 Å². The molecule has 0 saturated carbocycles. The fourth-order valence-electron chi connectivity index (χ4n) is 2.90. The van der Waals surface area contributed by atoms with Crippen LogP contribution in [-0.2, 0) is 22.6 Å². The highest BCUT2D eigenvalue weighted by Gasteiger charge is 2.24. The molecule has 1 amide bonds. The molecule has 0 radical (unpaired) electrons. The number of rotatable bonds is 7. The van der Waals surface area contributed by atoms with Gasteiger partial charge in [-0.2, -0.15) is 0 Å². The van der Waals surface area contributed by atoms with E-state index in [0.717, 1.165) is 23.3 Å². The summed E-state index contributed by atoms with van der Waals surface area (Å²) in [5.41, 5.74) is 2.84. The SMILES string of the molecule is CC(C)OCc1ccc(C(=O)NC(C(=O)O)c2ccc3c(c2)CCO3)cc1. The van der Waals surface area contributed by atoms with E-state index >= 15 is 0 Å². The minimum Gasteiger partial charge on any atom is -0.493 e. The van der Waals surface area contributed by atoms with Crippen LogP contribution in [0.2, 0.25) is 0 Å². The van der Waals surface area contributed by atoms with Gasteiger partial charge in [0.15, 0.2) is 6.04 Å². The van der Waals surface area contributed by atoms with E-state index in [1.165, 1.54) is 0 Å². The fraction of sp³-hybridized carbons (Fsp3) is 0.333. The molecule has 6 heteroatoms. The molecule has 2 aromatic rings. The van der Waals surface area contributed by atoms with E-state index in [9.17, 15) is 14.7 Å². The number of carboxylic acid groups (broad SMARTS) is 1. The van der Waals surface area contributed by atoms with Crippen molar-refractivity contribution in [3.05, 3.63) is 64.7 Å². The molecule has 0 bridgehead atoms. The summed E-state index contributed by atoms with van der Waals surface area (Å²) >= 11 is 0. The standard InChI is InChI=1S/C21H23NO5/c1-13(2)27-12-14-3-5-15(6-4-14)20(23)22-19(21(24)25)17-7-8-18-16(11-17)9-10-26-18/h3-8,11,13,19H,9-10,12H2,1-2H3,(H,22,23)(H,24,25). The molecule has 142 valence electrons. The number of ether oxygens (including phenoxy) is 2. The maximum Gasteiger partial charge on any atom is 0.330 e. The van der Waals surface area contributed by atoms with Crippen molar-refractivity contribution in [2.45, 2.75) is 39.0 Å². The zero-order valence-electron chi connectivity index (χ0n) is 15.4.